The second-order valence-corrected chi connectivity index (χ2v) is 3.79. The van der Waals surface area contributed by atoms with Crippen molar-refractivity contribution in [3.8, 4) is 0 Å². The van der Waals surface area contributed by atoms with Crippen molar-refractivity contribution >= 4 is 27.6 Å². The van der Waals surface area contributed by atoms with E-state index in [1.807, 2.05) is 0 Å². The van der Waals surface area contributed by atoms with E-state index in [1.165, 1.54) is 6.92 Å². The molecule has 0 aliphatic carbocycles. The molecule has 0 amide bonds. The van der Waals surface area contributed by atoms with Gasteiger partial charge in [0, 0.05) is 6.20 Å². The number of halogens is 3. The van der Waals surface area contributed by atoms with Gasteiger partial charge in [-0.3, -0.25) is 15.1 Å². The van der Waals surface area contributed by atoms with Crippen LogP contribution in [0.25, 0.3) is 0 Å². The summed E-state index contributed by atoms with van der Waals surface area (Å²) in [6.07, 6.45) is -2.28. The lowest BCUT2D eigenvalue weighted by Gasteiger charge is -2.07. The largest absolute Gasteiger partial charge is 0.462 e. The Kier molecular flexibility index (Phi) is 4.65. The third kappa shape index (κ3) is 2.78. The number of esters is 1. The zero-order valence-corrected chi connectivity index (χ0v) is 10.6. The standard InChI is InChI=1S/C9H7BrF2N2O4/c1-2-18-9(15)4-3-13-6(8(11)12)5(10)7(4)14(16)17/h3,8H,2H2,1H3. The molecule has 1 aromatic rings. The molecule has 1 heterocycles. The third-order valence-electron chi connectivity index (χ3n) is 1.91. The van der Waals surface area contributed by atoms with Gasteiger partial charge < -0.3 is 4.74 Å². The van der Waals surface area contributed by atoms with Gasteiger partial charge in [-0.15, -0.1) is 0 Å². The number of rotatable bonds is 4. The van der Waals surface area contributed by atoms with Crippen LogP contribution in [0.2, 0.25) is 0 Å². The Bertz CT molecular complexity index is 496. The third-order valence-corrected chi connectivity index (χ3v) is 2.69. The van der Waals surface area contributed by atoms with Gasteiger partial charge in [-0.05, 0) is 22.9 Å². The summed E-state index contributed by atoms with van der Waals surface area (Å²) < 4.78 is 29.1. The highest BCUT2D eigenvalue weighted by Crippen LogP contribution is 2.35. The Hall–Kier alpha value is -1.64. The number of carbonyl (C=O) groups is 1. The molecule has 0 radical (unpaired) electrons. The molecule has 0 aliphatic heterocycles. The monoisotopic (exact) mass is 324 g/mol. The summed E-state index contributed by atoms with van der Waals surface area (Å²) >= 11 is 2.66. The molecule has 0 spiro atoms. The van der Waals surface area contributed by atoms with E-state index < -0.39 is 38.7 Å². The molecule has 0 unspecified atom stereocenters. The number of pyridine rings is 1. The van der Waals surface area contributed by atoms with E-state index in [0.29, 0.717) is 6.20 Å². The number of carbonyl (C=O) groups excluding carboxylic acids is 1. The summed E-state index contributed by atoms with van der Waals surface area (Å²) in [7, 11) is 0. The Balaban J connectivity index is 3.41. The average Bonchev–Trinajstić information content (AvgIpc) is 2.27. The molecular formula is C9H7BrF2N2O4. The Morgan fingerprint density at radius 3 is 2.72 bits per heavy atom. The van der Waals surface area contributed by atoms with Gasteiger partial charge in [0.05, 0.1) is 11.5 Å². The first kappa shape index (κ1) is 14.4. The van der Waals surface area contributed by atoms with E-state index in [2.05, 4.69) is 25.7 Å². The molecule has 6 nitrogen and oxygen atoms in total. The highest BCUT2D eigenvalue weighted by atomic mass is 79.9. The quantitative estimate of drug-likeness (QED) is 0.483. The first-order valence-electron chi connectivity index (χ1n) is 4.68. The molecule has 98 valence electrons. The van der Waals surface area contributed by atoms with Crippen LogP contribution in [0.5, 0.6) is 0 Å². The number of ether oxygens (including phenoxy) is 1. The van der Waals surface area contributed by atoms with Gasteiger partial charge in [-0.1, -0.05) is 0 Å². The maximum absolute atomic E-state index is 12.5. The first-order valence-corrected chi connectivity index (χ1v) is 5.47. The van der Waals surface area contributed by atoms with Crippen molar-refractivity contribution in [1.29, 1.82) is 0 Å². The van der Waals surface area contributed by atoms with Crippen molar-refractivity contribution in [1.82, 2.24) is 4.98 Å². The minimum Gasteiger partial charge on any atom is -0.462 e. The van der Waals surface area contributed by atoms with E-state index in [9.17, 15) is 23.7 Å². The topological polar surface area (TPSA) is 82.3 Å². The van der Waals surface area contributed by atoms with Crippen molar-refractivity contribution in [3.05, 3.63) is 32.0 Å². The minimum atomic E-state index is -2.99. The van der Waals surface area contributed by atoms with Crippen LogP contribution in [-0.2, 0) is 4.74 Å². The fraction of sp³-hybridized carbons (Fsp3) is 0.333. The molecule has 9 heteroatoms. The molecule has 0 atom stereocenters. The molecule has 1 rings (SSSR count). The maximum Gasteiger partial charge on any atom is 0.346 e. The van der Waals surface area contributed by atoms with Gasteiger partial charge in [0.2, 0.25) is 0 Å². The number of hydrogen-bond donors (Lipinski definition) is 0. The van der Waals surface area contributed by atoms with E-state index in [1.54, 1.807) is 0 Å². The van der Waals surface area contributed by atoms with Crippen LogP contribution in [0, 0.1) is 10.1 Å². The number of nitrogens with zero attached hydrogens (tertiary/aromatic N) is 2. The lowest BCUT2D eigenvalue weighted by atomic mass is 10.2. The summed E-state index contributed by atoms with van der Waals surface area (Å²) in [5.74, 6) is -0.988. The molecule has 0 N–H and O–H groups in total. The first-order chi connectivity index (χ1) is 8.40. The Labute approximate surface area is 108 Å². The van der Waals surface area contributed by atoms with E-state index in [0.717, 1.165) is 0 Å². The number of nitro groups is 1. The van der Waals surface area contributed by atoms with Gasteiger partial charge in [0.15, 0.2) is 5.56 Å². The summed E-state index contributed by atoms with van der Waals surface area (Å²) in [5, 5.41) is 10.8. The maximum atomic E-state index is 12.5. The molecule has 1 aromatic heterocycles. The SMILES string of the molecule is CCOC(=O)c1cnc(C(F)F)c(Br)c1[N+](=O)[O-]. The van der Waals surface area contributed by atoms with E-state index in [4.69, 9.17) is 0 Å². The fourth-order valence-electron chi connectivity index (χ4n) is 1.18. The van der Waals surface area contributed by atoms with Crippen molar-refractivity contribution in [2.75, 3.05) is 6.61 Å². The van der Waals surface area contributed by atoms with Gasteiger partial charge in [0.1, 0.15) is 10.2 Å². The summed E-state index contributed by atoms with van der Waals surface area (Å²) in [5.41, 5.74) is -2.05. The second-order valence-electron chi connectivity index (χ2n) is 3.00. The Morgan fingerprint density at radius 2 is 2.28 bits per heavy atom. The predicted octanol–water partition coefficient (Wildman–Crippen LogP) is 2.87. The van der Waals surface area contributed by atoms with Gasteiger partial charge >= 0.3 is 11.7 Å². The molecule has 0 saturated carbocycles. The summed E-state index contributed by atoms with van der Waals surface area (Å²) in [4.78, 5) is 24.6. The van der Waals surface area contributed by atoms with Crippen LogP contribution in [0.1, 0.15) is 29.4 Å². The van der Waals surface area contributed by atoms with Crippen LogP contribution in [0.4, 0.5) is 14.5 Å². The van der Waals surface area contributed by atoms with Crippen LogP contribution in [-0.4, -0.2) is 22.5 Å². The zero-order valence-electron chi connectivity index (χ0n) is 9.02. The van der Waals surface area contributed by atoms with Crippen molar-refractivity contribution in [2.45, 2.75) is 13.3 Å². The number of alkyl halides is 2. The number of hydrogen-bond acceptors (Lipinski definition) is 5. The molecule has 0 saturated heterocycles. The smallest absolute Gasteiger partial charge is 0.346 e. The summed E-state index contributed by atoms with van der Waals surface area (Å²) in [6.45, 7) is 1.52. The Morgan fingerprint density at radius 1 is 1.67 bits per heavy atom. The highest BCUT2D eigenvalue weighted by Gasteiger charge is 2.30. The van der Waals surface area contributed by atoms with Crippen LogP contribution >= 0.6 is 15.9 Å². The van der Waals surface area contributed by atoms with Gasteiger partial charge in [-0.2, -0.15) is 0 Å². The van der Waals surface area contributed by atoms with Gasteiger partial charge in [0.25, 0.3) is 6.43 Å². The lowest BCUT2D eigenvalue weighted by molar-refractivity contribution is -0.386. The molecule has 0 aromatic carbocycles. The highest BCUT2D eigenvalue weighted by molar-refractivity contribution is 9.10. The van der Waals surface area contributed by atoms with Crippen LogP contribution in [0.3, 0.4) is 0 Å². The zero-order chi connectivity index (χ0) is 13.9. The van der Waals surface area contributed by atoms with Crippen LogP contribution in [0.15, 0.2) is 10.7 Å². The van der Waals surface area contributed by atoms with Crippen molar-refractivity contribution in [2.24, 2.45) is 0 Å². The number of aromatic nitrogens is 1. The summed E-state index contributed by atoms with van der Waals surface area (Å²) in [6, 6.07) is 0. The molecule has 0 aliphatic rings. The van der Waals surface area contributed by atoms with Crippen LogP contribution < -0.4 is 0 Å². The van der Waals surface area contributed by atoms with Crippen molar-refractivity contribution in [3.63, 3.8) is 0 Å². The molecular weight excluding hydrogens is 318 g/mol. The minimum absolute atomic E-state index is 0.00417. The lowest BCUT2D eigenvalue weighted by Crippen LogP contribution is -2.10. The van der Waals surface area contributed by atoms with Crippen molar-refractivity contribution < 1.29 is 23.2 Å². The average molecular weight is 325 g/mol. The molecule has 0 bridgehead atoms. The second kappa shape index (κ2) is 5.80. The van der Waals surface area contributed by atoms with E-state index >= 15 is 0 Å². The molecule has 0 fully saturated rings. The normalized spacial score (nSPS) is 10.5. The van der Waals surface area contributed by atoms with E-state index in [-0.39, 0.29) is 6.61 Å². The molecule has 18 heavy (non-hydrogen) atoms. The predicted molar refractivity (Wildman–Crippen MR) is 59.5 cm³/mol. The van der Waals surface area contributed by atoms with Gasteiger partial charge in [-0.25, -0.2) is 13.6 Å². The fourth-order valence-corrected chi connectivity index (χ4v) is 1.81.